The molecule has 4 heteroatoms. The number of benzene rings is 2. The number of aromatic hydroxyl groups is 1. The van der Waals surface area contributed by atoms with Gasteiger partial charge in [-0.2, -0.15) is 0 Å². The lowest BCUT2D eigenvalue weighted by Crippen LogP contribution is -1.94. The monoisotopic (exact) mass is 286 g/mol. The molecule has 2 aromatic rings. The normalized spacial score (nSPS) is 17.0. The molecule has 21 heavy (non-hydrogen) atoms. The van der Waals surface area contributed by atoms with Crippen molar-refractivity contribution in [2.75, 3.05) is 0 Å². The summed E-state index contributed by atoms with van der Waals surface area (Å²) < 4.78 is 0. The zero-order valence-electron chi connectivity index (χ0n) is 11.6. The number of rotatable bonds is 3. The summed E-state index contributed by atoms with van der Waals surface area (Å²) in [5.74, 6) is -0.0552. The van der Waals surface area contributed by atoms with E-state index in [9.17, 15) is 20.4 Å². The lowest BCUT2D eigenvalue weighted by Gasteiger charge is -2.12. The fraction of sp³-hybridized carbons (Fsp3) is 0.294. The van der Waals surface area contributed by atoms with Crippen LogP contribution in [0, 0.1) is 0 Å². The number of aliphatic hydroxyl groups is 3. The summed E-state index contributed by atoms with van der Waals surface area (Å²) in [4.78, 5) is 0. The van der Waals surface area contributed by atoms with Gasteiger partial charge in [-0.3, -0.25) is 0 Å². The van der Waals surface area contributed by atoms with Crippen LogP contribution < -0.4 is 0 Å². The molecule has 0 fully saturated rings. The van der Waals surface area contributed by atoms with Gasteiger partial charge >= 0.3 is 0 Å². The average Bonchev–Trinajstić information content (AvgIpc) is 2.88. The first-order chi connectivity index (χ1) is 10.1. The van der Waals surface area contributed by atoms with Crippen LogP contribution in [0.2, 0.25) is 0 Å². The third-order valence-corrected chi connectivity index (χ3v) is 4.13. The Morgan fingerprint density at radius 3 is 2.24 bits per heavy atom. The number of aliphatic hydroxyl groups excluding tert-OH is 3. The van der Waals surface area contributed by atoms with Crippen molar-refractivity contribution in [3.63, 3.8) is 0 Å². The number of hydrogen-bond donors (Lipinski definition) is 4. The Balaban J connectivity index is 2.08. The van der Waals surface area contributed by atoms with Crippen LogP contribution in [0.3, 0.4) is 0 Å². The molecular formula is C17H18O4. The largest absolute Gasteiger partial charge is 0.507 e. The highest BCUT2D eigenvalue weighted by atomic mass is 16.3. The van der Waals surface area contributed by atoms with Crippen LogP contribution in [0.15, 0.2) is 30.3 Å². The quantitative estimate of drug-likeness (QED) is 0.696. The van der Waals surface area contributed by atoms with E-state index >= 15 is 0 Å². The molecule has 2 aromatic carbocycles. The molecule has 110 valence electrons. The summed E-state index contributed by atoms with van der Waals surface area (Å²) in [7, 11) is 0. The molecule has 0 unspecified atom stereocenters. The summed E-state index contributed by atoms with van der Waals surface area (Å²) in [6, 6.07) is 9.32. The molecule has 4 nitrogen and oxygen atoms in total. The second-order valence-corrected chi connectivity index (χ2v) is 5.43. The van der Waals surface area contributed by atoms with E-state index in [4.69, 9.17) is 0 Å². The lowest BCUT2D eigenvalue weighted by atomic mass is 9.96. The first-order valence-corrected chi connectivity index (χ1v) is 7.01. The third-order valence-electron chi connectivity index (χ3n) is 4.13. The maximum absolute atomic E-state index is 9.90. The molecular weight excluding hydrogens is 268 g/mol. The van der Waals surface area contributed by atoms with Gasteiger partial charge in [-0.1, -0.05) is 18.2 Å². The van der Waals surface area contributed by atoms with Gasteiger partial charge in [0.05, 0.1) is 19.3 Å². The fourth-order valence-corrected chi connectivity index (χ4v) is 2.94. The lowest BCUT2D eigenvalue weighted by molar-refractivity contribution is 0.180. The van der Waals surface area contributed by atoms with Crippen molar-refractivity contribution in [3.8, 4) is 16.9 Å². The van der Waals surface area contributed by atoms with Gasteiger partial charge in [0.1, 0.15) is 5.75 Å². The van der Waals surface area contributed by atoms with Gasteiger partial charge in [-0.25, -0.2) is 0 Å². The van der Waals surface area contributed by atoms with E-state index in [1.54, 1.807) is 12.1 Å². The highest BCUT2D eigenvalue weighted by Gasteiger charge is 2.20. The predicted octanol–water partition coefficient (Wildman–Crippen LogP) is 2.02. The number of fused-ring (bicyclic) bond motifs is 1. The van der Waals surface area contributed by atoms with Crippen molar-refractivity contribution < 1.29 is 20.4 Å². The highest BCUT2D eigenvalue weighted by molar-refractivity contribution is 5.69. The van der Waals surface area contributed by atoms with E-state index < -0.39 is 0 Å². The van der Waals surface area contributed by atoms with E-state index in [0.29, 0.717) is 11.1 Å². The van der Waals surface area contributed by atoms with Gasteiger partial charge < -0.3 is 20.4 Å². The standard InChI is InChI=1S/C17H18O4/c18-8-13-6-12(7-14(9-19)17(13)21)10-1-3-15-11(5-10)2-4-16(15)20/h1,3,5-7,16,18-21H,2,4,8-9H2/t16-/m0/s1. The van der Waals surface area contributed by atoms with Crippen LogP contribution in [-0.2, 0) is 19.6 Å². The van der Waals surface area contributed by atoms with Gasteiger partial charge in [0.2, 0.25) is 0 Å². The maximum atomic E-state index is 9.90. The Morgan fingerprint density at radius 2 is 1.62 bits per heavy atom. The van der Waals surface area contributed by atoms with Crippen molar-refractivity contribution in [2.24, 2.45) is 0 Å². The van der Waals surface area contributed by atoms with Crippen molar-refractivity contribution >= 4 is 0 Å². The van der Waals surface area contributed by atoms with E-state index in [0.717, 1.165) is 35.1 Å². The molecule has 0 radical (unpaired) electrons. The van der Waals surface area contributed by atoms with Crippen molar-refractivity contribution in [2.45, 2.75) is 32.2 Å². The van der Waals surface area contributed by atoms with Crippen LogP contribution in [-0.4, -0.2) is 20.4 Å². The van der Waals surface area contributed by atoms with Gasteiger partial charge in [0, 0.05) is 11.1 Å². The Labute approximate surface area is 122 Å². The topological polar surface area (TPSA) is 80.9 Å². The third kappa shape index (κ3) is 2.42. The second-order valence-electron chi connectivity index (χ2n) is 5.43. The summed E-state index contributed by atoms with van der Waals surface area (Å²) in [5.41, 5.74) is 4.69. The predicted molar refractivity (Wildman–Crippen MR) is 78.7 cm³/mol. The molecule has 0 aliphatic heterocycles. The van der Waals surface area contributed by atoms with Crippen molar-refractivity contribution in [3.05, 3.63) is 52.6 Å². The summed E-state index contributed by atoms with van der Waals surface area (Å²) >= 11 is 0. The number of phenols is 1. The smallest absolute Gasteiger partial charge is 0.126 e. The van der Waals surface area contributed by atoms with Crippen molar-refractivity contribution in [1.82, 2.24) is 0 Å². The number of aryl methyl sites for hydroxylation is 1. The molecule has 1 atom stereocenters. The second kappa shape index (κ2) is 5.48. The molecule has 0 saturated carbocycles. The molecule has 3 rings (SSSR count). The highest BCUT2D eigenvalue weighted by Crippen LogP contribution is 2.36. The summed E-state index contributed by atoms with van der Waals surface area (Å²) in [5, 5.41) is 38.4. The number of hydrogen-bond acceptors (Lipinski definition) is 4. The fourth-order valence-electron chi connectivity index (χ4n) is 2.94. The molecule has 0 heterocycles. The van der Waals surface area contributed by atoms with Gasteiger partial charge in [0.25, 0.3) is 0 Å². The van der Waals surface area contributed by atoms with Crippen LogP contribution in [0.5, 0.6) is 5.75 Å². The SMILES string of the molecule is OCc1cc(-c2ccc3c(c2)CC[C@@H]3O)cc(CO)c1O. The molecule has 0 amide bonds. The van der Waals surface area contributed by atoms with Crippen LogP contribution in [0.4, 0.5) is 0 Å². The Bertz CT molecular complexity index is 653. The van der Waals surface area contributed by atoms with Crippen LogP contribution in [0.1, 0.15) is 34.8 Å². The zero-order chi connectivity index (χ0) is 15.0. The molecule has 0 saturated heterocycles. The first kappa shape index (κ1) is 14.1. The Hall–Kier alpha value is -1.88. The molecule has 0 aromatic heterocycles. The van der Waals surface area contributed by atoms with Gasteiger partial charge in [-0.15, -0.1) is 0 Å². The van der Waals surface area contributed by atoms with Gasteiger partial charge in [-0.05, 0) is 47.2 Å². The molecule has 0 spiro atoms. The van der Waals surface area contributed by atoms with E-state index in [1.165, 1.54) is 0 Å². The minimum absolute atomic E-state index is 0.0552. The van der Waals surface area contributed by atoms with Crippen LogP contribution >= 0.6 is 0 Å². The Kier molecular flexibility index (Phi) is 3.68. The summed E-state index contributed by atoms with van der Waals surface area (Å²) in [6.45, 7) is -0.563. The zero-order valence-corrected chi connectivity index (χ0v) is 11.6. The minimum atomic E-state index is -0.380. The van der Waals surface area contributed by atoms with Crippen LogP contribution in [0.25, 0.3) is 11.1 Å². The minimum Gasteiger partial charge on any atom is -0.507 e. The van der Waals surface area contributed by atoms with Gasteiger partial charge in [0.15, 0.2) is 0 Å². The van der Waals surface area contributed by atoms with Crippen molar-refractivity contribution in [1.29, 1.82) is 0 Å². The Morgan fingerprint density at radius 1 is 0.952 bits per heavy atom. The first-order valence-electron chi connectivity index (χ1n) is 7.01. The molecule has 0 bridgehead atoms. The summed E-state index contributed by atoms with van der Waals surface area (Å²) in [6.07, 6.45) is 1.22. The van der Waals surface area contributed by atoms with E-state index in [1.807, 2.05) is 18.2 Å². The molecule has 1 aliphatic carbocycles. The maximum Gasteiger partial charge on any atom is 0.126 e. The molecule has 4 N–H and O–H groups in total. The van der Waals surface area contributed by atoms with E-state index in [2.05, 4.69) is 0 Å². The van der Waals surface area contributed by atoms with E-state index in [-0.39, 0.29) is 25.1 Å². The average molecular weight is 286 g/mol. The molecule has 1 aliphatic rings.